The summed E-state index contributed by atoms with van der Waals surface area (Å²) in [6.45, 7) is 12.1. The highest BCUT2D eigenvalue weighted by Gasteiger charge is 2.27. The van der Waals surface area contributed by atoms with Gasteiger partial charge in [0, 0.05) is 31.2 Å². The number of nitrogens with one attached hydrogen (secondary N) is 3. The van der Waals surface area contributed by atoms with Crippen LogP contribution in [0.1, 0.15) is 58.9 Å². The summed E-state index contributed by atoms with van der Waals surface area (Å²) < 4.78 is 27.4. The zero-order chi connectivity index (χ0) is 30.7. The van der Waals surface area contributed by atoms with Crippen LogP contribution in [-0.2, 0) is 9.59 Å². The standard InChI is InChI=1S/C18H18Cl2F2N2O.C6H13NO3.C5H12/c1-11(24-10-25)6-15(19)17(21)5-3-13-8-23-9-14(13)12-2-4-18(22)16(20)7-12;8-4-6(10)2-1-3-7-5-9;1-5(2,3)4/h2-7,10,13-14,23H,8-9H2,1H3,(H,24,25);5-6,8,10H,1-4H2,(H,7,9);1-4H3/b5-3+,11-6+,17-15-;;/t13-,14-;;/m1../s1. The second-order valence-corrected chi connectivity index (χ2v) is 11.6. The molecule has 226 valence electrons. The number of carbonyl (C=O) groups excluding carboxylic acids is 2. The molecular weight excluding hydrogens is 563 g/mol. The van der Waals surface area contributed by atoms with Gasteiger partial charge in [0.2, 0.25) is 12.8 Å². The van der Waals surface area contributed by atoms with Gasteiger partial charge in [0.15, 0.2) is 0 Å². The lowest BCUT2D eigenvalue weighted by Crippen LogP contribution is -2.17. The van der Waals surface area contributed by atoms with Crippen LogP contribution in [0.4, 0.5) is 8.78 Å². The number of amides is 2. The Kier molecular flexibility index (Phi) is 19.4. The molecule has 0 spiro atoms. The average Bonchev–Trinajstić information content (AvgIpc) is 3.34. The van der Waals surface area contributed by atoms with Gasteiger partial charge in [-0.1, -0.05) is 63.0 Å². The van der Waals surface area contributed by atoms with Crippen LogP contribution in [0.2, 0.25) is 5.02 Å². The number of allylic oxidation sites excluding steroid dienone is 5. The Morgan fingerprint density at radius 3 is 2.42 bits per heavy atom. The fraction of sp³-hybridized carbons (Fsp3) is 0.517. The molecule has 0 radical (unpaired) electrons. The van der Waals surface area contributed by atoms with Crippen molar-refractivity contribution >= 4 is 36.0 Å². The van der Waals surface area contributed by atoms with Gasteiger partial charge in [-0.05, 0) is 60.9 Å². The van der Waals surface area contributed by atoms with E-state index in [-0.39, 0.29) is 28.5 Å². The minimum Gasteiger partial charge on any atom is -0.394 e. The summed E-state index contributed by atoms with van der Waals surface area (Å²) >= 11 is 11.7. The number of aliphatic hydroxyl groups is 2. The van der Waals surface area contributed by atoms with Crippen molar-refractivity contribution in [1.82, 2.24) is 16.0 Å². The maximum Gasteiger partial charge on any atom is 0.211 e. The molecule has 1 unspecified atom stereocenters. The molecule has 2 amide bonds. The van der Waals surface area contributed by atoms with E-state index in [4.69, 9.17) is 33.4 Å². The van der Waals surface area contributed by atoms with Crippen molar-refractivity contribution in [3.63, 3.8) is 0 Å². The van der Waals surface area contributed by atoms with E-state index in [0.717, 1.165) is 5.56 Å². The molecule has 1 aromatic carbocycles. The zero-order valence-corrected chi connectivity index (χ0v) is 25.3. The van der Waals surface area contributed by atoms with Crippen LogP contribution >= 0.6 is 23.2 Å². The van der Waals surface area contributed by atoms with Gasteiger partial charge in [-0.15, -0.1) is 0 Å². The van der Waals surface area contributed by atoms with E-state index in [1.54, 1.807) is 25.1 Å². The van der Waals surface area contributed by atoms with Crippen LogP contribution < -0.4 is 16.0 Å². The highest BCUT2D eigenvalue weighted by Crippen LogP contribution is 2.32. The number of rotatable bonds is 12. The molecule has 2 rings (SSSR count). The van der Waals surface area contributed by atoms with Gasteiger partial charge in [-0.2, -0.15) is 0 Å². The molecule has 1 fully saturated rings. The maximum atomic E-state index is 14.1. The number of benzene rings is 1. The number of hydrogen-bond donors (Lipinski definition) is 5. The molecule has 0 saturated carbocycles. The Hall–Kier alpha value is -2.30. The molecule has 1 aliphatic heterocycles. The Morgan fingerprint density at radius 2 is 1.88 bits per heavy atom. The van der Waals surface area contributed by atoms with Crippen molar-refractivity contribution in [3.05, 3.63) is 69.4 Å². The molecule has 3 atom stereocenters. The van der Waals surface area contributed by atoms with Gasteiger partial charge < -0.3 is 26.2 Å². The van der Waals surface area contributed by atoms with E-state index in [2.05, 4.69) is 43.6 Å². The van der Waals surface area contributed by atoms with E-state index < -0.39 is 17.7 Å². The van der Waals surface area contributed by atoms with E-state index in [1.807, 2.05) is 0 Å². The van der Waals surface area contributed by atoms with E-state index in [0.29, 0.717) is 56.4 Å². The molecule has 0 aromatic heterocycles. The van der Waals surface area contributed by atoms with Crippen LogP contribution in [-0.4, -0.2) is 55.4 Å². The topological polar surface area (TPSA) is 111 Å². The molecule has 1 aliphatic rings. The number of carbonyl (C=O) groups is 2. The number of hydrogen-bond acceptors (Lipinski definition) is 5. The molecule has 1 saturated heterocycles. The van der Waals surface area contributed by atoms with Gasteiger partial charge in [-0.25, -0.2) is 8.78 Å². The Labute approximate surface area is 246 Å². The first-order valence-corrected chi connectivity index (χ1v) is 13.7. The fourth-order valence-corrected chi connectivity index (χ4v) is 3.70. The summed E-state index contributed by atoms with van der Waals surface area (Å²) in [5.41, 5.74) is 1.83. The highest BCUT2D eigenvalue weighted by molar-refractivity contribution is 6.31. The average molecular weight is 607 g/mol. The fourth-order valence-electron chi connectivity index (χ4n) is 3.28. The lowest BCUT2D eigenvalue weighted by molar-refractivity contribution is -0.110. The summed E-state index contributed by atoms with van der Waals surface area (Å²) in [7, 11) is 0. The molecule has 7 nitrogen and oxygen atoms in total. The van der Waals surface area contributed by atoms with Crippen molar-refractivity contribution in [3.8, 4) is 0 Å². The van der Waals surface area contributed by atoms with Crippen molar-refractivity contribution in [1.29, 1.82) is 0 Å². The third-order valence-electron chi connectivity index (χ3n) is 5.13. The van der Waals surface area contributed by atoms with E-state index in [1.165, 1.54) is 18.2 Å². The normalized spacial score (nSPS) is 18.5. The number of aliphatic hydroxyl groups excluding tert-OH is 2. The SMILES string of the molecule is CC(C)(C)C.C\C(=C/C(Cl)=C(F)\C=C\[C@@H]1CNC[C@@H]1c1ccc(F)c(Cl)c1)NC=O.O=CNCCCC(O)CO. The largest absolute Gasteiger partial charge is 0.394 e. The third-order valence-corrected chi connectivity index (χ3v) is 5.71. The van der Waals surface area contributed by atoms with Crippen molar-refractivity contribution in [2.75, 3.05) is 26.2 Å². The van der Waals surface area contributed by atoms with Crippen LogP contribution in [0.3, 0.4) is 0 Å². The molecule has 0 bridgehead atoms. The van der Waals surface area contributed by atoms with Crippen molar-refractivity contribution in [2.24, 2.45) is 11.3 Å². The predicted molar refractivity (Wildman–Crippen MR) is 158 cm³/mol. The first-order valence-electron chi connectivity index (χ1n) is 13.0. The molecular formula is C29H43Cl2F2N3O4. The van der Waals surface area contributed by atoms with Crippen LogP contribution in [0.15, 0.2) is 53.0 Å². The van der Waals surface area contributed by atoms with Crippen LogP contribution in [0.5, 0.6) is 0 Å². The van der Waals surface area contributed by atoms with Crippen molar-refractivity contribution < 1.29 is 28.6 Å². The molecule has 1 heterocycles. The third kappa shape index (κ3) is 18.1. The highest BCUT2D eigenvalue weighted by atomic mass is 35.5. The van der Waals surface area contributed by atoms with Crippen LogP contribution in [0.25, 0.3) is 0 Å². The molecule has 11 heteroatoms. The zero-order valence-electron chi connectivity index (χ0n) is 23.8. The Bertz CT molecular complexity index is 992. The Morgan fingerprint density at radius 1 is 1.23 bits per heavy atom. The van der Waals surface area contributed by atoms with Gasteiger partial charge in [-0.3, -0.25) is 9.59 Å². The molecule has 0 aliphatic carbocycles. The van der Waals surface area contributed by atoms with E-state index in [9.17, 15) is 18.4 Å². The maximum absolute atomic E-state index is 14.1. The predicted octanol–water partition coefficient (Wildman–Crippen LogP) is 5.33. The molecule has 5 N–H and O–H groups in total. The van der Waals surface area contributed by atoms with Gasteiger partial charge in [0.25, 0.3) is 0 Å². The lowest BCUT2D eigenvalue weighted by atomic mass is 9.88. The summed E-state index contributed by atoms with van der Waals surface area (Å²) in [6, 6.07) is 4.63. The smallest absolute Gasteiger partial charge is 0.211 e. The summed E-state index contributed by atoms with van der Waals surface area (Å²) in [4.78, 5) is 20.0. The first kappa shape index (κ1) is 37.7. The Balaban J connectivity index is 0.000000838. The van der Waals surface area contributed by atoms with Gasteiger partial charge >= 0.3 is 0 Å². The van der Waals surface area contributed by atoms with Gasteiger partial charge in [0.05, 0.1) is 22.8 Å². The summed E-state index contributed by atoms with van der Waals surface area (Å²) in [6.07, 6.45) is 6.06. The second-order valence-electron chi connectivity index (χ2n) is 10.8. The summed E-state index contributed by atoms with van der Waals surface area (Å²) in [5.74, 6) is -0.975. The molecule has 1 aromatic rings. The molecule has 40 heavy (non-hydrogen) atoms. The lowest BCUT2D eigenvalue weighted by Gasteiger charge is -2.16. The van der Waals surface area contributed by atoms with E-state index >= 15 is 0 Å². The number of halogens is 4. The quantitative estimate of drug-likeness (QED) is 0.126. The summed E-state index contributed by atoms with van der Waals surface area (Å²) in [5, 5.41) is 25.2. The van der Waals surface area contributed by atoms with Gasteiger partial charge in [0.1, 0.15) is 11.6 Å². The first-order chi connectivity index (χ1) is 18.7. The minimum absolute atomic E-state index is 0.0231. The van der Waals surface area contributed by atoms with Crippen LogP contribution in [0, 0.1) is 17.2 Å². The van der Waals surface area contributed by atoms with Crippen molar-refractivity contribution in [2.45, 2.75) is 59.5 Å². The second kappa shape index (κ2) is 20.6. The minimum atomic E-state index is -0.645. The monoisotopic (exact) mass is 605 g/mol.